The lowest BCUT2D eigenvalue weighted by molar-refractivity contribution is -0.139. The Morgan fingerprint density at radius 3 is 2.83 bits per heavy atom. The molecule has 0 spiro atoms. The topological polar surface area (TPSA) is 103 Å². The minimum Gasteiger partial charge on any atom is -0.480 e. The normalized spacial score (nSPS) is 11.9. The van der Waals surface area contributed by atoms with Gasteiger partial charge in [0.05, 0.1) is 17.7 Å². The molecule has 1 aromatic rings. The van der Waals surface area contributed by atoms with Crippen LogP contribution in [0.4, 0.5) is 4.79 Å². The fraction of sp³-hybridized carbons (Fsp3) is 0.500. The standard InChI is InChI=1S/C10H15N3O4S/c1-13(4-7-5-18-6-11-7)10(17)12-8(2-3-14)9(15)16/h5-6,8,14H,2-4H2,1H3,(H,12,17)(H,15,16). The number of thiazole rings is 1. The number of urea groups is 1. The van der Waals surface area contributed by atoms with Crippen molar-refractivity contribution in [3.05, 3.63) is 16.6 Å². The maximum absolute atomic E-state index is 11.7. The number of carboxylic acid groups (broad SMARTS) is 1. The van der Waals surface area contributed by atoms with Crippen LogP contribution in [0.5, 0.6) is 0 Å². The molecule has 0 saturated carbocycles. The number of hydrogen-bond acceptors (Lipinski definition) is 5. The molecular formula is C10H15N3O4S. The molecule has 100 valence electrons. The summed E-state index contributed by atoms with van der Waals surface area (Å²) in [7, 11) is 1.55. The number of aliphatic carboxylic acids is 1. The van der Waals surface area contributed by atoms with Gasteiger partial charge in [-0.1, -0.05) is 0 Å². The Morgan fingerprint density at radius 1 is 1.61 bits per heavy atom. The molecule has 2 amide bonds. The Kier molecular flexibility index (Phi) is 5.53. The minimum atomic E-state index is -1.17. The zero-order valence-corrected chi connectivity index (χ0v) is 10.7. The van der Waals surface area contributed by atoms with Crippen molar-refractivity contribution in [3.8, 4) is 0 Å². The molecule has 8 heteroatoms. The number of amides is 2. The largest absolute Gasteiger partial charge is 0.480 e. The van der Waals surface area contributed by atoms with Crippen molar-refractivity contribution in [2.75, 3.05) is 13.7 Å². The molecule has 1 aromatic heterocycles. The predicted octanol–water partition coefficient (Wildman–Crippen LogP) is 0.120. The van der Waals surface area contributed by atoms with Crippen LogP contribution in [0, 0.1) is 0 Å². The van der Waals surface area contributed by atoms with E-state index in [2.05, 4.69) is 10.3 Å². The van der Waals surface area contributed by atoms with E-state index in [4.69, 9.17) is 10.2 Å². The Hall–Kier alpha value is -1.67. The predicted molar refractivity (Wildman–Crippen MR) is 65.2 cm³/mol. The van der Waals surface area contributed by atoms with E-state index in [1.807, 2.05) is 5.38 Å². The summed E-state index contributed by atoms with van der Waals surface area (Å²) in [6, 6.07) is -1.59. The van der Waals surface area contributed by atoms with E-state index in [-0.39, 0.29) is 13.0 Å². The van der Waals surface area contributed by atoms with Crippen LogP contribution in [0.3, 0.4) is 0 Å². The molecule has 0 aliphatic heterocycles. The van der Waals surface area contributed by atoms with E-state index in [9.17, 15) is 9.59 Å². The second kappa shape index (κ2) is 6.92. The van der Waals surface area contributed by atoms with Crippen molar-refractivity contribution in [2.45, 2.75) is 19.0 Å². The summed E-state index contributed by atoms with van der Waals surface area (Å²) in [6.07, 6.45) is -0.0222. The van der Waals surface area contributed by atoms with Crippen molar-refractivity contribution >= 4 is 23.3 Å². The van der Waals surface area contributed by atoms with Crippen LogP contribution in [-0.4, -0.2) is 51.8 Å². The lowest BCUT2D eigenvalue weighted by Gasteiger charge is -2.20. The number of nitrogens with one attached hydrogen (secondary N) is 1. The van der Waals surface area contributed by atoms with Gasteiger partial charge in [0.1, 0.15) is 6.04 Å². The van der Waals surface area contributed by atoms with E-state index >= 15 is 0 Å². The monoisotopic (exact) mass is 273 g/mol. The third kappa shape index (κ3) is 4.30. The van der Waals surface area contributed by atoms with Gasteiger partial charge in [0.2, 0.25) is 0 Å². The number of aliphatic hydroxyl groups is 1. The summed E-state index contributed by atoms with van der Waals surface area (Å²) in [5, 5.41) is 21.7. The van der Waals surface area contributed by atoms with Gasteiger partial charge in [-0.2, -0.15) is 0 Å². The molecule has 0 aliphatic carbocycles. The molecule has 0 fully saturated rings. The molecular weight excluding hydrogens is 258 g/mol. The van der Waals surface area contributed by atoms with Crippen molar-refractivity contribution in [1.82, 2.24) is 15.2 Å². The quantitative estimate of drug-likeness (QED) is 0.683. The zero-order chi connectivity index (χ0) is 13.5. The maximum atomic E-state index is 11.7. The Bertz CT molecular complexity index is 396. The number of aromatic nitrogens is 1. The van der Waals surface area contributed by atoms with Crippen molar-refractivity contribution in [2.24, 2.45) is 0 Å². The molecule has 0 aromatic carbocycles. The number of aliphatic hydroxyl groups excluding tert-OH is 1. The van der Waals surface area contributed by atoms with Crippen LogP contribution in [-0.2, 0) is 11.3 Å². The lowest BCUT2D eigenvalue weighted by atomic mass is 10.2. The fourth-order valence-corrected chi connectivity index (χ4v) is 1.83. The first kappa shape index (κ1) is 14.4. The number of carbonyl (C=O) groups excluding carboxylic acids is 1. The van der Waals surface area contributed by atoms with E-state index in [1.54, 1.807) is 12.6 Å². The van der Waals surface area contributed by atoms with Gasteiger partial charge in [-0.25, -0.2) is 14.6 Å². The fourth-order valence-electron chi connectivity index (χ4n) is 1.28. The first-order valence-corrected chi connectivity index (χ1v) is 6.21. The van der Waals surface area contributed by atoms with E-state index in [0.717, 1.165) is 5.69 Å². The maximum Gasteiger partial charge on any atom is 0.326 e. The summed E-state index contributed by atoms with van der Waals surface area (Å²) in [4.78, 5) is 27.9. The number of nitrogens with zero attached hydrogens (tertiary/aromatic N) is 2. The highest BCUT2D eigenvalue weighted by Gasteiger charge is 2.21. The minimum absolute atomic E-state index is 0.0222. The Balaban J connectivity index is 2.50. The van der Waals surface area contributed by atoms with Gasteiger partial charge in [0.15, 0.2) is 0 Å². The summed E-state index contributed by atoms with van der Waals surface area (Å²) in [5.41, 5.74) is 2.40. The molecule has 1 atom stereocenters. The van der Waals surface area contributed by atoms with Gasteiger partial charge < -0.3 is 20.4 Å². The van der Waals surface area contributed by atoms with Crippen LogP contribution in [0.1, 0.15) is 12.1 Å². The molecule has 7 nitrogen and oxygen atoms in total. The van der Waals surface area contributed by atoms with Gasteiger partial charge in [0.25, 0.3) is 0 Å². The average molecular weight is 273 g/mol. The smallest absolute Gasteiger partial charge is 0.326 e. The number of carboxylic acids is 1. The van der Waals surface area contributed by atoms with Crippen LogP contribution in [0.2, 0.25) is 0 Å². The third-order valence-electron chi connectivity index (χ3n) is 2.24. The average Bonchev–Trinajstić information content (AvgIpc) is 2.80. The molecule has 0 bridgehead atoms. The van der Waals surface area contributed by atoms with Gasteiger partial charge in [-0.05, 0) is 0 Å². The number of carbonyl (C=O) groups is 2. The third-order valence-corrected chi connectivity index (χ3v) is 2.88. The number of hydrogen-bond donors (Lipinski definition) is 3. The Morgan fingerprint density at radius 2 is 2.33 bits per heavy atom. The summed E-state index contributed by atoms with van der Waals surface area (Å²) in [6.45, 7) is 0.00778. The van der Waals surface area contributed by atoms with E-state index in [0.29, 0.717) is 6.54 Å². The molecule has 0 radical (unpaired) electrons. The van der Waals surface area contributed by atoms with Gasteiger partial charge in [-0.3, -0.25) is 0 Å². The van der Waals surface area contributed by atoms with E-state index < -0.39 is 18.0 Å². The van der Waals surface area contributed by atoms with Gasteiger partial charge >= 0.3 is 12.0 Å². The second-order valence-corrected chi connectivity index (χ2v) is 4.41. The molecule has 1 heterocycles. The molecule has 0 saturated heterocycles. The van der Waals surface area contributed by atoms with Crippen LogP contribution < -0.4 is 5.32 Å². The number of rotatable bonds is 6. The summed E-state index contributed by atoms with van der Waals surface area (Å²) >= 11 is 1.42. The molecule has 3 N–H and O–H groups in total. The zero-order valence-electron chi connectivity index (χ0n) is 9.87. The van der Waals surface area contributed by atoms with Crippen molar-refractivity contribution in [3.63, 3.8) is 0 Å². The van der Waals surface area contributed by atoms with Gasteiger partial charge in [0, 0.05) is 25.5 Å². The molecule has 18 heavy (non-hydrogen) atoms. The lowest BCUT2D eigenvalue weighted by Crippen LogP contribution is -2.46. The SMILES string of the molecule is CN(Cc1cscn1)C(=O)NC(CCO)C(=O)O. The first-order valence-electron chi connectivity index (χ1n) is 5.27. The van der Waals surface area contributed by atoms with Crippen molar-refractivity contribution < 1.29 is 19.8 Å². The summed E-state index contributed by atoms with van der Waals surface area (Å²) in [5.74, 6) is -1.17. The van der Waals surface area contributed by atoms with Crippen LogP contribution >= 0.6 is 11.3 Å². The summed E-state index contributed by atoms with van der Waals surface area (Å²) < 4.78 is 0. The molecule has 1 unspecified atom stereocenters. The van der Waals surface area contributed by atoms with Gasteiger partial charge in [-0.15, -0.1) is 11.3 Å². The van der Waals surface area contributed by atoms with Crippen molar-refractivity contribution in [1.29, 1.82) is 0 Å². The highest BCUT2D eigenvalue weighted by Crippen LogP contribution is 2.04. The molecule has 0 aliphatic rings. The highest BCUT2D eigenvalue weighted by molar-refractivity contribution is 7.07. The highest BCUT2D eigenvalue weighted by atomic mass is 32.1. The Labute approximate surface area is 108 Å². The van der Waals surface area contributed by atoms with Crippen LogP contribution in [0.15, 0.2) is 10.9 Å². The van der Waals surface area contributed by atoms with Crippen LogP contribution in [0.25, 0.3) is 0 Å². The first-order chi connectivity index (χ1) is 8.54. The second-order valence-electron chi connectivity index (χ2n) is 3.69. The molecule has 1 rings (SSSR count). The van der Waals surface area contributed by atoms with E-state index in [1.165, 1.54) is 16.2 Å².